The number of nitrogens with zero attached hydrogens (tertiary/aromatic N) is 2. The predicted molar refractivity (Wildman–Crippen MR) is 130 cm³/mol. The van der Waals surface area contributed by atoms with E-state index in [2.05, 4.69) is 15.3 Å². The van der Waals surface area contributed by atoms with Crippen molar-refractivity contribution >= 4 is 23.4 Å². The Bertz CT molecular complexity index is 1350. The molecule has 0 saturated heterocycles. The van der Waals surface area contributed by atoms with Gasteiger partial charge in [-0.1, -0.05) is 29.8 Å². The van der Waals surface area contributed by atoms with Gasteiger partial charge in [-0.3, -0.25) is 14.4 Å². The number of amides is 2. The summed E-state index contributed by atoms with van der Waals surface area (Å²) in [5, 5.41) is 2.53. The zero-order valence-corrected chi connectivity index (χ0v) is 20.7. The molecule has 0 radical (unpaired) electrons. The van der Waals surface area contributed by atoms with Crippen LogP contribution in [0.2, 0.25) is 5.02 Å². The molecular formula is C25H24ClF3N4O3. The number of benzene rings is 2. The molecule has 0 bridgehead atoms. The Balaban J connectivity index is 1.90. The van der Waals surface area contributed by atoms with Crippen LogP contribution in [0.3, 0.4) is 0 Å². The second-order valence-electron chi connectivity index (χ2n) is 8.88. The lowest BCUT2D eigenvalue weighted by atomic mass is 9.91. The van der Waals surface area contributed by atoms with E-state index in [0.717, 1.165) is 13.8 Å². The van der Waals surface area contributed by atoms with Crippen LogP contribution in [0.25, 0.3) is 22.6 Å². The monoisotopic (exact) mass is 520 g/mol. The standard InChI is InChI=1S/C25H24ClF3N4O3/c1-24(2,25(27,28)29)23(36)30-13-14-5-10-18(26)17(11-14)21-31-19(12-20(34)32-21)15-6-8-16(9-7-15)22(35)33(3)4/h5-12H,13H2,1-4H3,(H,30,36)(H,31,32,34). The summed E-state index contributed by atoms with van der Waals surface area (Å²) in [7, 11) is 3.28. The van der Waals surface area contributed by atoms with E-state index in [4.69, 9.17) is 11.6 Å². The number of aromatic amines is 1. The molecule has 3 rings (SSSR count). The summed E-state index contributed by atoms with van der Waals surface area (Å²) in [4.78, 5) is 45.1. The first-order valence-electron chi connectivity index (χ1n) is 10.8. The Labute approximate surface area is 210 Å². The Morgan fingerprint density at radius 2 is 1.69 bits per heavy atom. The zero-order chi connectivity index (χ0) is 26.8. The minimum atomic E-state index is -4.70. The van der Waals surface area contributed by atoms with Crippen LogP contribution in [0.1, 0.15) is 29.8 Å². The van der Waals surface area contributed by atoms with Crippen LogP contribution < -0.4 is 10.9 Å². The first kappa shape index (κ1) is 26.9. The third-order valence-electron chi connectivity index (χ3n) is 5.59. The first-order chi connectivity index (χ1) is 16.7. The van der Waals surface area contributed by atoms with Gasteiger partial charge in [0.25, 0.3) is 11.5 Å². The molecule has 0 aliphatic heterocycles. The van der Waals surface area contributed by atoms with Crippen molar-refractivity contribution in [3.8, 4) is 22.6 Å². The highest BCUT2D eigenvalue weighted by Crippen LogP contribution is 2.37. The summed E-state index contributed by atoms with van der Waals surface area (Å²) in [5.41, 5.74) is -0.829. The van der Waals surface area contributed by atoms with Gasteiger partial charge in [0, 0.05) is 43.4 Å². The molecule has 0 aliphatic carbocycles. The average molecular weight is 521 g/mol. The second kappa shape index (κ2) is 10.1. The molecule has 3 aromatic rings. The van der Waals surface area contributed by atoms with E-state index < -0.39 is 23.1 Å². The third-order valence-corrected chi connectivity index (χ3v) is 5.92. The van der Waals surface area contributed by atoms with Crippen molar-refractivity contribution in [1.29, 1.82) is 0 Å². The lowest BCUT2D eigenvalue weighted by Crippen LogP contribution is -2.46. The van der Waals surface area contributed by atoms with Crippen molar-refractivity contribution in [2.24, 2.45) is 5.41 Å². The molecule has 0 aliphatic rings. The van der Waals surface area contributed by atoms with Crippen molar-refractivity contribution in [2.45, 2.75) is 26.6 Å². The number of hydrogen-bond acceptors (Lipinski definition) is 4. The molecule has 11 heteroatoms. The Morgan fingerprint density at radius 3 is 2.28 bits per heavy atom. The minimum Gasteiger partial charge on any atom is -0.351 e. The number of nitrogens with one attached hydrogen (secondary N) is 2. The minimum absolute atomic E-state index is 0.139. The number of H-pyrrole nitrogens is 1. The van der Waals surface area contributed by atoms with Gasteiger partial charge in [0.1, 0.15) is 11.2 Å². The molecule has 1 heterocycles. The fourth-order valence-electron chi connectivity index (χ4n) is 3.17. The van der Waals surface area contributed by atoms with Gasteiger partial charge in [0.2, 0.25) is 5.91 Å². The van der Waals surface area contributed by atoms with E-state index in [1.807, 2.05) is 0 Å². The number of halogens is 4. The molecule has 2 N–H and O–H groups in total. The fraction of sp³-hybridized carbons (Fsp3) is 0.280. The highest BCUT2D eigenvalue weighted by Gasteiger charge is 2.52. The molecular weight excluding hydrogens is 497 g/mol. The van der Waals surface area contributed by atoms with E-state index in [1.165, 1.54) is 23.1 Å². The summed E-state index contributed by atoms with van der Waals surface area (Å²) >= 11 is 6.32. The molecule has 0 saturated carbocycles. The molecule has 2 aromatic carbocycles. The summed E-state index contributed by atoms with van der Waals surface area (Å²) in [6, 6.07) is 12.5. The van der Waals surface area contributed by atoms with E-state index in [0.29, 0.717) is 27.9 Å². The van der Waals surface area contributed by atoms with Crippen molar-refractivity contribution in [3.63, 3.8) is 0 Å². The molecule has 0 atom stereocenters. The maximum absolute atomic E-state index is 13.1. The first-order valence-corrected chi connectivity index (χ1v) is 11.2. The van der Waals surface area contributed by atoms with Crippen LogP contribution in [0.5, 0.6) is 0 Å². The molecule has 0 unspecified atom stereocenters. The summed E-state index contributed by atoms with van der Waals surface area (Å²) in [5.74, 6) is -1.20. The fourth-order valence-corrected chi connectivity index (χ4v) is 3.38. The number of hydrogen-bond donors (Lipinski definition) is 2. The number of carbonyl (C=O) groups is 2. The van der Waals surface area contributed by atoms with Crippen LogP contribution in [0.15, 0.2) is 53.3 Å². The Hall–Kier alpha value is -3.66. The largest absolute Gasteiger partial charge is 0.402 e. The third kappa shape index (κ3) is 5.76. The van der Waals surface area contributed by atoms with Gasteiger partial charge < -0.3 is 15.2 Å². The smallest absolute Gasteiger partial charge is 0.351 e. The average Bonchev–Trinajstić information content (AvgIpc) is 2.81. The van der Waals surface area contributed by atoms with Gasteiger partial charge in [-0.25, -0.2) is 4.98 Å². The maximum atomic E-state index is 13.1. The van der Waals surface area contributed by atoms with Gasteiger partial charge in [-0.15, -0.1) is 0 Å². The molecule has 0 fully saturated rings. The van der Waals surface area contributed by atoms with Gasteiger partial charge in [-0.05, 0) is 43.7 Å². The number of carbonyl (C=O) groups excluding carboxylic acids is 2. The van der Waals surface area contributed by atoms with Crippen molar-refractivity contribution in [2.75, 3.05) is 14.1 Å². The highest BCUT2D eigenvalue weighted by molar-refractivity contribution is 6.33. The topological polar surface area (TPSA) is 95.2 Å². The van der Waals surface area contributed by atoms with Crippen LogP contribution >= 0.6 is 11.6 Å². The van der Waals surface area contributed by atoms with Crippen LogP contribution in [-0.2, 0) is 11.3 Å². The molecule has 7 nitrogen and oxygen atoms in total. The van der Waals surface area contributed by atoms with Crippen LogP contribution in [-0.4, -0.2) is 47.0 Å². The van der Waals surface area contributed by atoms with Crippen molar-refractivity contribution < 1.29 is 22.8 Å². The van der Waals surface area contributed by atoms with Crippen molar-refractivity contribution in [3.05, 3.63) is 75.0 Å². The highest BCUT2D eigenvalue weighted by atomic mass is 35.5. The molecule has 0 spiro atoms. The number of aromatic nitrogens is 2. The zero-order valence-electron chi connectivity index (χ0n) is 20.0. The normalized spacial score (nSPS) is 11.8. The number of alkyl halides is 3. The quantitative estimate of drug-likeness (QED) is 0.494. The lowest BCUT2D eigenvalue weighted by Gasteiger charge is -2.26. The Kier molecular flexibility index (Phi) is 7.59. The van der Waals surface area contributed by atoms with Gasteiger partial charge in [0.05, 0.1) is 10.7 Å². The SMILES string of the molecule is CN(C)C(=O)c1ccc(-c2cc(=O)[nH]c(-c3cc(CNC(=O)C(C)(C)C(F)(F)F)ccc3Cl)n2)cc1. The summed E-state index contributed by atoms with van der Waals surface area (Å²) in [6.45, 7) is 1.42. The van der Waals surface area contributed by atoms with Crippen LogP contribution in [0, 0.1) is 5.41 Å². The van der Waals surface area contributed by atoms with E-state index in [-0.39, 0.29) is 23.3 Å². The van der Waals surface area contributed by atoms with E-state index in [1.54, 1.807) is 44.4 Å². The second-order valence-corrected chi connectivity index (χ2v) is 9.28. The lowest BCUT2D eigenvalue weighted by molar-refractivity contribution is -0.211. The Morgan fingerprint density at radius 1 is 1.06 bits per heavy atom. The molecule has 36 heavy (non-hydrogen) atoms. The van der Waals surface area contributed by atoms with Gasteiger partial charge in [-0.2, -0.15) is 13.2 Å². The number of rotatable bonds is 6. The van der Waals surface area contributed by atoms with Crippen LogP contribution in [0.4, 0.5) is 13.2 Å². The van der Waals surface area contributed by atoms with Gasteiger partial charge in [0.15, 0.2) is 0 Å². The van der Waals surface area contributed by atoms with E-state index >= 15 is 0 Å². The predicted octanol–water partition coefficient (Wildman–Crippen LogP) is 4.66. The molecule has 2 amide bonds. The van der Waals surface area contributed by atoms with E-state index in [9.17, 15) is 27.6 Å². The van der Waals surface area contributed by atoms with Gasteiger partial charge >= 0.3 is 6.18 Å². The summed E-state index contributed by atoms with van der Waals surface area (Å²) in [6.07, 6.45) is -4.70. The maximum Gasteiger partial charge on any atom is 0.402 e. The molecule has 1 aromatic heterocycles. The molecule has 190 valence electrons. The van der Waals surface area contributed by atoms with Crippen molar-refractivity contribution in [1.82, 2.24) is 20.2 Å². The summed E-state index contributed by atoms with van der Waals surface area (Å²) < 4.78 is 39.4.